The number of rotatable bonds is 2. The van der Waals surface area contributed by atoms with Crippen LogP contribution in [0, 0.1) is 0 Å². The van der Waals surface area contributed by atoms with Crippen LogP contribution in [0.2, 0.25) is 0 Å². The molecule has 5 heteroatoms. The van der Waals surface area contributed by atoms with Crippen molar-refractivity contribution in [2.45, 2.75) is 0 Å². The quantitative estimate of drug-likeness (QED) is 0.921. The topological polar surface area (TPSA) is 42.0 Å². The van der Waals surface area contributed by atoms with Crippen molar-refractivity contribution < 1.29 is 4.21 Å². The molecule has 0 saturated carbocycles. The van der Waals surface area contributed by atoms with Crippen LogP contribution < -0.4 is 4.72 Å². The zero-order valence-corrected chi connectivity index (χ0v) is 10.4. The SMILES string of the molecule is CS(=O)Nc1ccc2cc(Br)ccc2n1. The number of pyridine rings is 1. The van der Waals surface area contributed by atoms with Crippen LogP contribution in [-0.2, 0) is 11.0 Å². The summed E-state index contributed by atoms with van der Waals surface area (Å²) in [6, 6.07) is 9.61. The molecule has 1 heterocycles. The molecule has 2 aromatic rings. The lowest BCUT2D eigenvalue weighted by atomic mass is 10.2. The van der Waals surface area contributed by atoms with Crippen LogP contribution in [0.5, 0.6) is 0 Å². The first-order chi connectivity index (χ1) is 7.15. The first-order valence-corrected chi connectivity index (χ1v) is 6.67. The van der Waals surface area contributed by atoms with Gasteiger partial charge in [0.1, 0.15) is 16.8 Å². The van der Waals surface area contributed by atoms with Gasteiger partial charge in [0.15, 0.2) is 0 Å². The average molecular weight is 285 g/mol. The van der Waals surface area contributed by atoms with E-state index in [2.05, 4.69) is 25.6 Å². The molecule has 0 amide bonds. The number of hydrogen-bond donors (Lipinski definition) is 1. The molecule has 1 atom stereocenters. The van der Waals surface area contributed by atoms with Crippen LogP contribution in [-0.4, -0.2) is 15.4 Å². The van der Waals surface area contributed by atoms with Crippen LogP contribution >= 0.6 is 15.9 Å². The Hall–Kier alpha value is -0.940. The van der Waals surface area contributed by atoms with Crippen molar-refractivity contribution >= 4 is 43.6 Å². The van der Waals surface area contributed by atoms with Gasteiger partial charge in [0.05, 0.1) is 5.52 Å². The van der Waals surface area contributed by atoms with Crippen molar-refractivity contribution in [3.63, 3.8) is 0 Å². The zero-order chi connectivity index (χ0) is 10.8. The summed E-state index contributed by atoms with van der Waals surface area (Å²) in [5, 5.41) is 1.05. The third kappa shape index (κ3) is 2.54. The van der Waals surface area contributed by atoms with E-state index in [1.54, 1.807) is 6.26 Å². The summed E-state index contributed by atoms with van der Waals surface area (Å²) in [6.07, 6.45) is 1.58. The van der Waals surface area contributed by atoms with E-state index in [4.69, 9.17) is 0 Å². The smallest absolute Gasteiger partial charge is 0.138 e. The molecular formula is C10H9BrN2OS. The first-order valence-electron chi connectivity index (χ1n) is 4.31. The molecule has 0 fully saturated rings. The van der Waals surface area contributed by atoms with E-state index >= 15 is 0 Å². The molecule has 15 heavy (non-hydrogen) atoms. The van der Waals surface area contributed by atoms with Crippen molar-refractivity contribution in [3.05, 3.63) is 34.8 Å². The average Bonchev–Trinajstić information content (AvgIpc) is 2.17. The van der Waals surface area contributed by atoms with E-state index < -0.39 is 11.0 Å². The monoisotopic (exact) mass is 284 g/mol. The Morgan fingerprint density at radius 2 is 2.13 bits per heavy atom. The van der Waals surface area contributed by atoms with E-state index in [1.807, 2.05) is 30.3 Å². The number of fused-ring (bicyclic) bond motifs is 1. The van der Waals surface area contributed by atoms with Gasteiger partial charge >= 0.3 is 0 Å². The van der Waals surface area contributed by atoms with Crippen LogP contribution in [0.25, 0.3) is 10.9 Å². The Bertz CT molecular complexity index is 530. The molecule has 78 valence electrons. The van der Waals surface area contributed by atoms with Crippen LogP contribution in [0.1, 0.15) is 0 Å². The molecule has 0 aliphatic heterocycles. The first kappa shape index (κ1) is 10.6. The third-order valence-electron chi connectivity index (χ3n) is 1.90. The van der Waals surface area contributed by atoms with Gasteiger partial charge in [-0.25, -0.2) is 9.19 Å². The highest BCUT2D eigenvalue weighted by Crippen LogP contribution is 2.19. The van der Waals surface area contributed by atoms with Gasteiger partial charge < -0.3 is 0 Å². The van der Waals surface area contributed by atoms with Crippen molar-refractivity contribution in [3.8, 4) is 0 Å². The maximum absolute atomic E-state index is 11.0. The largest absolute Gasteiger partial charge is 0.290 e. The van der Waals surface area contributed by atoms with Crippen LogP contribution in [0.3, 0.4) is 0 Å². The molecule has 0 radical (unpaired) electrons. The Balaban J connectivity index is 2.47. The fraction of sp³-hybridized carbons (Fsp3) is 0.100. The summed E-state index contributed by atoms with van der Waals surface area (Å²) >= 11 is 3.40. The molecule has 1 unspecified atom stereocenters. The molecule has 0 aliphatic carbocycles. The van der Waals surface area contributed by atoms with E-state index in [0.29, 0.717) is 5.82 Å². The molecular weight excluding hydrogens is 276 g/mol. The maximum Gasteiger partial charge on any atom is 0.138 e. The molecule has 0 aliphatic rings. The summed E-state index contributed by atoms with van der Waals surface area (Å²) in [6.45, 7) is 0. The van der Waals surface area contributed by atoms with Gasteiger partial charge in [-0.1, -0.05) is 15.9 Å². The molecule has 1 aromatic carbocycles. The molecule has 0 saturated heterocycles. The minimum atomic E-state index is -1.09. The highest BCUT2D eigenvalue weighted by molar-refractivity contribution is 9.10. The van der Waals surface area contributed by atoms with Crippen molar-refractivity contribution in [2.24, 2.45) is 0 Å². The van der Waals surface area contributed by atoms with Gasteiger partial charge in [0, 0.05) is 16.1 Å². The van der Waals surface area contributed by atoms with Crippen LogP contribution in [0.15, 0.2) is 34.8 Å². The van der Waals surface area contributed by atoms with E-state index in [0.717, 1.165) is 15.4 Å². The number of anilines is 1. The Morgan fingerprint density at radius 1 is 1.33 bits per heavy atom. The molecule has 2 rings (SSSR count). The van der Waals surface area contributed by atoms with Crippen molar-refractivity contribution in [1.29, 1.82) is 0 Å². The van der Waals surface area contributed by atoms with Gasteiger partial charge in [-0.05, 0) is 30.3 Å². The second-order valence-electron chi connectivity index (χ2n) is 3.09. The van der Waals surface area contributed by atoms with E-state index in [-0.39, 0.29) is 0 Å². The second-order valence-corrected chi connectivity index (χ2v) is 5.12. The van der Waals surface area contributed by atoms with Gasteiger partial charge in [0.2, 0.25) is 0 Å². The fourth-order valence-corrected chi connectivity index (χ4v) is 2.09. The molecule has 0 spiro atoms. The predicted octanol–water partition coefficient (Wildman–Crippen LogP) is 2.70. The van der Waals surface area contributed by atoms with E-state index in [9.17, 15) is 4.21 Å². The lowest BCUT2D eigenvalue weighted by Gasteiger charge is -2.03. The van der Waals surface area contributed by atoms with Crippen LogP contribution in [0.4, 0.5) is 5.82 Å². The molecule has 3 nitrogen and oxygen atoms in total. The van der Waals surface area contributed by atoms with Gasteiger partial charge in [0.25, 0.3) is 0 Å². The fourth-order valence-electron chi connectivity index (χ4n) is 1.30. The summed E-state index contributed by atoms with van der Waals surface area (Å²) in [5.74, 6) is 0.630. The second kappa shape index (κ2) is 4.28. The molecule has 1 N–H and O–H groups in total. The summed E-state index contributed by atoms with van der Waals surface area (Å²) in [7, 11) is -1.09. The standard InChI is InChI=1S/C10H9BrN2OS/c1-15(14)13-10-5-2-7-6-8(11)3-4-9(7)12-10/h2-6H,1H3,(H,12,13). The highest BCUT2D eigenvalue weighted by Gasteiger charge is 1.99. The van der Waals surface area contributed by atoms with E-state index in [1.165, 1.54) is 0 Å². The number of halogens is 1. The lowest BCUT2D eigenvalue weighted by Crippen LogP contribution is -2.02. The maximum atomic E-state index is 11.0. The number of nitrogens with one attached hydrogen (secondary N) is 1. The summed E-state index contributed by atoms with van der Waals surface area (Å²) < 4.78 is 14.7. The Labute approximate surface area is 98.6 Å². The van der Waals surface area contributed by atoms with Crippen molar-refractivity contribution in [2.75, 3.05) is 11.0 Å². The zero-order valence-electron chi connectivity index (χ0n) is 8.03. The third-order valence-corrected chi connectivity index (χ3v) is 2.89. The number of benzene rings is 1. The van der Waals surface area contributed by atoms with Crippen molar-refractivity contribution in [1.82, 2.24) is 4.98 Å². The predicted molar refractivity (Wildman–Crippen MR) is 67.1 cm³/mol. The summed E-state index contributed by atoms with van der Waals surface area (Å²) in [4.78, 5) is 4.33. The number of aromatic nitrogens is 1. The summed E-state index contributed by atoms with van der Waals surface area (Å²) in [5.41, 5.74) is 0.883. The molecule has 1 aromatic heterocycles. The van der Waals surface area contributed by atoms with Gasteiger partial charge in [-0.15, -0.1) is 0 Å². The molecule has 0 bridgehead atoms. The normalized spacial score (nSPS) is 12.7. The Morgan fingerprint density at radius 3 is 2.87 bits per heavy atom. The van der Waals surface area contributed by atoms with Gasteiger partial charge in [-0.2, -0.15) is 0 Å². The lowest BCUT2D eigenvalue weighted by molar-refractivity contribution is 0.689. The minimum Gasteiger partial charge on any atom is -0.290 e. The number of hydrogen-bond acceptors (Lipinski definition) is 2. The highest BCUT2D eigenvalue weighted by atomic mass is 79.9. The number of nitrogens with zero attached hydrogens (tertiary/aromatic N) is 1. The Kier molecular flexibility index (Phi) is 3.02. The van der Waals surface area contributed by atoms with Gasteiger partial charge in [-0.3, -0.25) is 4.72 Å². The minimum absolute atomic E-state index is 0.630.